The van der Waals surface area contributed by atoms with Crippen molar-refractivity contribution in [2.75, 3.05) is 11.9 Å². The molecule has 1 aromatic rings. The number of anilines is 1. The van der Waals surface area contributed by atoms with Crippen molar-refractivity contribution >= 4 is 23.5 Å². The van der Waals surface area contributed by atoms with Gasteiger partial charge in [-0.05, 0) is 36.5 Å². The van der Waals surface area contributed by atoms with Gasteiger partial charge < -0.3 is 15.7 Å². The summed E-state index contributed by atoms with van der Waals surface area (Å²) in [6.07, 6.45) is 3.75. The second kappa shape index (κ2) is 8.47. The van der Waals surface area contributed by atoms with Gasteiger partial charge in [-0.2, -0.15) is 0 Å². The molecule has 0 unspecified atom stereocenters. The van der Waals surface area contributed by atoms with Crippen molar-refractivity contribution in [3.63, 3.8) is 0 Å². The van der Waals surface area contributed by atoms with E-state index in [1.54, 1.807) is 24.3 Å². The number of hydrogen-bond donors (Lipinski definition) is 3. The van der Waals surface area contributed by atoms with Gasteiger partial charge in [0.1, 0.15) is 0 Å². The second-order valence-electron chi connectivity index (χ2n) is 6.35. The molecule has 0 aliphatic heterocycles. The minimum Gasteiger partial charge on any atom is -0.481 e. The monoisotopic (exact) mass is 332 g/mol. The summed E-state index contributed by atoms with van der Waals surface area (Å²) in [6, 6.07) is 7.11. The number of aliphatic carboxylic acids is 1. The van der Waals surface area contributed by atoms with Crippen LogP contribution in [0.2, 0.25) is 0 Å². The predicted molar refractivity (Wildman–Crippen MR) is 90.5 cm³/mol. The van der Waals surface area contributed by atoms with Crippen LogP contribution in [0.15, 0.2) is 24.3 Å². The lowest BCUT2D eigenvalue weighted by Gasteiger charge is -2.28. The van der Waals surface area contributed by atoms with Crippen molar-refractivity contribution in [3.8, 4) is 0 Å². The number of carbonyl (C=O) groups excluding carboxylic acids is 2. The molecule has 2 amide bonds. The third-order valence-electron chi connectivity index (χ3n) is 4.43. The number of rotatable bonds is 6. The summed E-state index contributed by atoms with van der Waals surface area (Å²) in [5, 5.41) is 14.8. The minimum absolute atomic E-state index is 0.0161. The summed E-state index contributed by atoms with van der Waals surface area (Å²) in [7, 11) is 0. The fraction of sp³-hybridized carbons (Fsp3) is 0.500. The van der Waals surface area contributed by atoms with Gasteiger partial charge in [0.25, 0.3) is 0 Å². The number of nitrogens with one attached hydrogen (secondary N) is 2. The maximum absolute atomic E-state index is 12.1. The Morgan fingerprint density at radius 3 is 2.42 bits per heavy atom. The van der Waals surface area contributed by atoms with Crippen LogP contribution in [-0.2, 0) is 20.8 Å². The molecule has 0 radical (unpaired) electrons. The van der Waals surface area contributed by atoms with Crippen molar-refractivity contribution in [3.05, 3.63) is 29.8 Å². The van der Waals surface area contributed by atoms with Crippen molar-refractivity contribution < 1.29 is 19.5 Å². The van der Waals surface area contributed by atoms with Gasteiger partial charge in [-0.3, -0.25) is 14.4 Å². The zero-order valence-corrected chi connectivity index (χ0v) is 13.9. The van der Waals surface area contributed by atoms with Crippen LogP contribution >= 0.6 is 0 Å². The second-order valence-corrected chi connectivity index (χ2v) is 6.35. The van der Waals surface area contributed by atoms with Crippen LogP contribution in [0.4, 0.5) is 5.69 Å². The Morgan fingerprint density at radius 2 is 1.79 bits per heavy atom. The lowest BCUT2D eigenvalue weighted by atomic mass is 9.79. The molecule has 3 N–H and O–H groups in total. The Balaban J connectivity index is 1.82. The fourth-order valence-electron chi connectivity index (χ4n) is 3.18. The number of carbonyl (C=O) groups is 3. The average molecular weight is 332 g/mol. The minimum atomic E-state index is -0.762. The zero-order chi connectivity index (χ0) is 17.5. The molecule has 0 bridgehead atoms. The molecule has 1 aromatic carbocycles. The first kappa shape index (κ1) is 18.0. The molecule has 0 spiro atoms. The summed E-state index contributed by atoms with van der Waals surface area (Å²) in [5.41, 5.74) is 1.54. The molecule has 2 atom stereocenters. The number of benzene rings is 1. The average Bonchev–Trinajstić information content (AvgIpc) is 2.54. The lowest BCUT2D eigenvalue weighted by molar-refractivity contribution is -0.145. The van der Waals surface area contributed by atoms with Gasteiger partial charge in [-0.1, -0.05) is 25.0 Å². The smallest absolute Gasteiger partial charge is 0.306 e. The number of carboxylic acid groups (broad SMARTS) is 1. The Hall–Kier alpha value is -2.37. The summed E-state index contributed by atoms with van der Waals surface area (Å²) in [6.45, 7) is 1.86. The van der Waals surface area contributed by atoms with E-state index in [1.165, 1.54) is 6.92 Å². The van der Waals surface area contributed by atoms with Crippen molar-refractivity contribution in [1.29, 1.82) is 0 Å². The maximum atomic E-state index is 12.1. The van der Waals surface area contributed by atoms with Crippen LogP contribution in [0.3, 0.4) is 0 Å². The van der Waals surface area contributed by atoms with E-state index in [9.17, 15) is 19.5 Å². The van der Waals surface area contributed by atoms with Crippen LogP contribution < -0.4 is 10.6 Å². The zero-order valence-electron chi connectivity index (χ0n) is 13.9. The molecule has 0 heterocycles. The highest BCUT2D eigenvalue weighted by atomic mass is 16.4. The molecule has 2 rings (SSSR count). The number of hydrogen-bond acceptors (Lipinski definition) is 3. The van der Waals surface area contributed by atoms with Gasteiger partial charge in [-0.25, -0.2) is 0 Å². The first-order valence-electron chi connectivity index (χ1n) is 8.31. The highest BCUT2D eigenvalue weighted by Gasteiger charge is 2.30. The first-order valence-corrected chi connectivity index (χ1v) is 8.31. The topological polar surface area (TPSA) is 95.5 Å². The van der Waals surface area contributed by atoms with E-state index in [0.717, 1.165) is 24.8 Å². The molecule has 0 aromatic heterocycles. The molecule has 6 nitrogen and oxygen atoms in total. The van der Waals surface area contributed by atoms with Gasteiger partial charge >= 0.3 is 5.97 Å². The predicted octanol–water partition coefficient (Wildman–Crippen LogP) is 2.19. The highest BCUT2D eigenvalue weighted by molar-refractivity contribution is 5.88. The van der Waals surface area contributed by atoms with Gasteiger partial charge in [-0.15, -0.1) is 0 Å². The van der Waals surface area contributed by atoms with Gasteiger partial charge in [0.2, 0.25) is 11.8 Å². The van der Waals surface area contributed by atoms with Crippen LogP contribution in [0.25, 0.3) is 0 Å². The lowest BCUT2D eigenvalue weighted by Crippen LogP contribution is -2.37. The Bertz CT molecular complexity index is 598. The van der Waals surface area contributed by atoms with Gasteiger partial charge in [0.05, 0.1) is 12.3 Å². The Labute approximate surface area is 141 Å². The van der Waals surface area contributed by atoms with Crippen LogP contribution in [0.5, 0.6) is 0 Å². The molecule has 1 fully saturated rings. The van der Waals surface area contributed by atoms with Crippen LogP contribution in [-0.4, -0.2) is 29.4 Å². The van der Waals surface area contributed by atoms with Crippen molar-refractivity contribution in [2.45, 2.75) is 39.0 Å². The van der Waals surface area contributed by atoms with E-state index in [1.807, 2.05) is 0 Å². The molecule has 1 aliphatic carbocycles. The molecule has 6 heteroatoms. The fourth-order valence-corrected chi connectivity index (χ4v) is 3.18. The van der Waals surface area contributed by atoms with Crippen molar-refractivity contribution in [1.82, 2.24) is 5.32 Å². The summed E-state index contributed by atoms with van der Waals surface area (Å²) < 4.78 is 0. The normalized spacial score (nSPS) is 20.2. The van der Waals surface area contributed by atoms with Gasteiger partial charge in [0.15, 0.2) is 0 Å². The Kier molecular flexibility index (Phi) is 6.35. The standard InChI is InChI=1S/C18H24N2O4/c1-12(21)20-15-8-6-13(7-9-15)10-17(22)19-11-14-4-2-3-5-16(14)18(23)24/h6-9,14,16H,2-5,10-11H2,1H3,(H,19,22)(H,20,21)(H,23,24)/t14-,16-/m0/s1. The summed E-state index contributed by atoms with van der Waals surface area (Å²) >= 11 is 0. The third kappa shape index (κ3) is 5.37. The maximum Gasteiger partial charge on any atom is 0.306 e. The van der Waals surface area contributed by atoms with E-state index in [-0.39, 0.29) is 30.1 Å². The van der Waals surface area contributed by atoms with Crippen LogP contribution in [0.1, 0.15) is 38.2 Å². The van der Waals surface area contributed by atoms with E-state index in [4.69, 9.17) is 0 Å². The number of carboxylic acids is 1. The molecular formula is C18H24N2O4. The van der Waals surface area contributed by atoms with Crippen LogP contribution in [0, 0.1) is 11.8 Å². The number of amides is 2. The largest absolute Gasteiger partial charge is 0.481 e. The highest BCUT2D eigenvalue weighted by Crippen LogP contribution is 2.29. The molecule has 1 saturated carbocycles. The van der Waals surface area contributed by atoms with Crippen molar-refractivity contribution in [2.24, 2.45) is 11.8 Å². The van der Waals surface area contributed by atoms with E-state index in [0.29, 0.717) is 18.7 Å². The molecule has 24 heavy (non-hydrogen) atoms. The SMILES string of the molecule is CC(=O)Nc1ccc(CC(=O)NC[C@@H]2CCCC[C@@H]2C(=O)O)cc1. The van der Waals surface area contributed by atoms with E-state index in [2.05, 4.69) is 10.6 Å². The summed E-state index contributed by atoms with van der Waals surface area (Å²) in [4.78, 5) is 34.3. The summed E-state index contributed by atoms with van der Waals surface area (Å²) in [5.74, 6) is -1.35. The molecular weight excluding hydrogens is 308 g/mol. The first-order chi connectivity index (χ1) is 11.5. The van der Waals surface area contributed by atoms with Gasteiger partial charge in [0, 0.05) is 19.2 Å². The third-order valence-corrected chi connectivity index (χ3v) is 4.43. The molecule has 130 valence electrons. The van der Waals surface area contributed by atoms with E-state index >= 15 is 0 Å². The quantitative estimate of drug-likeness (QED) is 0.744. The van der Waals surface area contributed by atoms with E-state index < -0.39 is 5.97 Å². The molecule has 1 aliphatic rings. The Morgan fingerprint density at radius 1 is 1.12 bits per heavy atom. The molecule has 0 saturated heterocycles.